The topological polar surface area (TPSA) is 24.9 Å². The Morgan fingerprint density at radius 3 is 2.81 bits per heavy atom. The van der Waals surface area contributed by atoms with Crippen molar-refractivity contribution in [1.29, 1.82) is 0 Å². The molecule has 0 aliphatic rings. The summed E-state index contributed by atoms with van der Waals surface area (Å²) in [6, 6.07) is 8.52. The summed E-state index contributed by atoms with van der Waals surface area (Å²) in [7, 11) is 1.96. The van der Waals surface area contributed by atoms with Crippen molar-refractivity contribution in [2.75, 3.05) is 12.4 Å². The van der Waals surface area contributed by atoms with Crippen LogP contribution in [0.25, 0.3) is 10.9 Å². The fraction of sp³-hybridized carbons (Fsp3) is 0.357. The van der Waals surface area contributed by atoms with Crippen LogP contribution in [0.15, 0.2) is 24.3 Å². The third kappa shape index (κ3) is 1.87. The van der Waals surface area contributed by atoms with E-state index in [1.54, 1.807) is 0 Å². The van der Waals surface area contributed by atoms with Crippen molar-refractivity contribution in [3.63, 3.8) is 0 Å². The van der Waals surface area contributed by atoms with Crippen molar-refractivity contribution >= 4 is 16.6 Å². The van der Waals surface area contributed by atoms with Crippen LogP contribution in [-0.2, 0) is 6.42 Å². The van der Waals surface area contributed by atoms with Crippen LogP contribution >= 0.6 is 0 Å². The Balaban J connectivity index is 2.71. The van der Waals surface area contributed by atoms with Gasteiger partial charge in [0.05, 0.1) is 5.52 Å². The van der Waals surface area contributed by atoms with Crippen LogP contribution in [0.1, 0.15) is 24.6 Å². The predicted octanol–water partition coefficient (Wildman–Crippen LogP) is 3.54. The van der Waals surface area contributed by atoms with E-state index in [0.717, 1.165) is 24.1 Å². The second-order valence-electron chi connectivity index (χ2n) is 4.12. The number of para-hydroxylation sites is 1. The van der Waals surface area contributed by atoms with Crippen LogP contribution < -0.4 is 5.32 Å². The van der Waals surface area contributed by atoms with Gasteiger partial charge in [-0.05, 0) is 25.0 Å². The maximum atomic E-state index is 4.66. The van der Waals surface area contributed by atoms with E-state index in [4.69, 9.17) is 0 Å². The first kappa shape index (κ1) is 10.9. The average molecular weight is 214 g/mol. The van der Waals surface area contributed by atoms with Crippen LogP contribution in [0.2, 0.25) is 0 Å². The SMILES string of the molecule is CCCc1cccc2c(NC)cc(C)nc12. The second-order valence-corrected chi connectivity index (χ2v) is 4.12. The minimum Gasteiger partial charge on any atom is -0.388 e. The lowest BCUT2D eigenvalue weighted by Crippen LogP contribution is -1.96. The summed E-state index contributed by atoms with van der Waals surface area (Å²) in [5.41, 5.74) is 4.73. The third-order valence-corrected chi connectivity index (χ3v) is 2.84. The number of rotatable bonds is 3. The van der Waals surface area contributed by atoms with Crippen LogP contribution in [0.5, 0.6) is 0 Å². The van der Waals surface area contributed by atoms with E-state index in [0.29, 0.717) is 0 Å². The highest BCUT2D eigenvalue weighted by Crippen LogP contribution is 2.25. The highest BCUT2D eigenvalue weighted by Gasteiger charge is 2.06. The van der Waals surface area contributed by atoms with E-state index < -0.39 is 0 Å². The highest BCUT2D eigenvalue weighted by atomic mass is 14.8. The molecule has 1 aromatic heterocycles. The molecule has 84 valence electrons. The predicted molar refractivity (Wildman–Crippen MR) is 70.0 cm³/mol. The van der Waals surface area contributed by atoms with Crippen LogP contribution in [-0.4, -0.2) is 12.0 Å². The van der Waals surface area contributed by atoms with Gasteiger partial charge in [-0.25, -0.2) is 0 Å². The van der Waals surface area contributed by atoms with Crippen LogP contribution in [0, 0.1) is 6.92 Å². The van der Waals surface area contributed by atoms with Crippen molar-refractivity contribution in [3.8, 4) is 0 Å². The molecule has 0 saturated carbocycles. The number of aromatic nitrogens is 1. The quantitative estimate of drug-likeness (QED) is 0.845. The first-order chi connectivity index (χ1) is 7.76. The first-order valence-corrected chi connectivity index (χ1v) is 5.83. The summed E-state index contributed by atoms with van der Waals surface area (Å²) < 4.78 is 0. The molecule has 2 rings (SSSR count). The molecule has 2 heteroatoms. The van der Waals surface area contributed by atoms with Gasteiger partial charge in [-0.2, -0.15) is 0 Å². The molecule has 1 aromatic carbocycles. The summed E-state index contributed by atoms with van der Waals surface area (Å²) in [5.74, 6) is 0. The van der Waals surface area contributed by atoms with E-state index in [9.17, 15) is 0 Å². The van der Waals surface area contributed by atoms with Gasteiger partial charge in [-0.1, -0.05) is 31.5 Å². The molecular formula is C14H18N2. The molecule has 0 spiro atoms. The number of pyridine rings is 1. The van der Waals surface area contributed by atoms with Gasteiger partial charge in [0, 0.05) is 23.8 Å². The Hall–Kier alpha value is -1.57. The van der Waals surface area contributed by atoms with Gasteiger partial charge >= 0.3 is 0 Å². The Kier molecular flexibility index (Phi) is 3.09. The lowest BCUT2D eigenvalue weighted by molar-refractivity contribution is 0.925. The fourth-order valence-corrected chi connectivity index (χ4v) is 2.11. The summed E-state index contributed by atoms with van der Waals surface area (Å²) in [5, 5.41) is 4.46. The zero-order chi connectivity index (χ0) is 11.5. The molecule has 0 saturated heterocycles. The lowest BCUT2D eigenvalue weighted by Gasteiger charge is -2.10. The second kappa shape index (κ2) is 4.52. The smallest absolute Gasteiger partial charge is 0.0757 e. The molecule has 2 aromatic rings. The number of hydrogen-bond acceptors (Lipinski definition) is 2. The van der Waals surface area contributed by atoms with E-state index in [-0.39, 0.29) is 0 Å². The van der Waals surface area contributed by atoms with E-state index in [1.165, 1.54) is 16.6 Å². The summed E-state index contributed by atoms with van der Waals surface area (Å²) >= 11 is 0. The number of benzene rings is 1. The van der Waals surface area contributed by atoms with Gasteiger partial charge in [0.1, 0.15) is 0 Å². The Labute approximate surface area is 96.7 Å². The van der Waals surface area contributed by atoms with Gasteiger partial charge in [0.2, 0.25) is 0 Å². The van der Waals surface area contributed by atoms with Crippen LogP contribution in [0.4, 0.5) is 5.69 Å². The number of nitrogens with zero attached hydrogens (tertiary/aromatic N) is 1. The van der Waals surface area contributed by atoms with Crippen molar-refractivity contribution in [3.05, 3.63) is 35.5 Å². The number of anilines is 1. The van der Waals surface area contributed by atoms with E-state index in [1.807, 2.05) is 14.0 Å². The molecule has 16 heavy (non-hydrogen) atoms. The number of aryl methyl sites for hydroxylation is 2. The van der Waals surface area contributed by atoms with E-state index >= 15 is 0 Å². The van der Waals surface area contributed by atoms with Crippen molar-refractivity contribution in [2.45, 2.75) is 26.7 Å². The van der Waals surface area contributed by atoms with E-state index in [2.05, 4.69) is 41.5 Å². The minimum absolute atomic E-state index is 1.07. The standard InChI is InChI=1S/C14H18N2/c1-4-6-11-7-5-8-12-13(15-3)9-10(2)16-14(11)12/h5,7-9H,4,6H2,1-3H3,(H,15,16). The maximum Gasteiger partial charge on any atom is 0.0757 e. The molecule has 2 nitrogen and oxygen atoms in total. The average Bonchev–Trinajstić information content (AvgIpc) is 2.29. The third-order valence-electron chi connectivity index (χ3n) is 2.84. The monoisotopic (exact) mass is 214 g/mol. The zero-order valence-electron chi connectivity index (χ0n) is 10.2. The number of hydrogen-bond donors (Lipinski definition) is 1. The molecule has 0 aliphatic heterocycles. The normalized spacial score (nSPS) is 10.7. The van der Waals surface area contributed by atoms with Crippen molar-refractivity contribution in [1.82, 2.24) is 4.98 Å². The summed E-state index contributed by atoms with van der Waals surface area (Å²) in [6.07, 6.45) is 2.25. The molecule has 0 radical (unpaired) electrons. The largest absolute Gasteiger partial charge is 0.388 e. The fourth-order valence-electron chi connectivity index (χ4n) is 2.11. The summed E-state index contributed by atoms with van der Waals surface area (Å²) in [4.78, 5) is 4.66. The van der Waals surface area contributed by atoms with Crippen molar-refractivity contribution in [2.24, 2.45) is 0 Å². The van der Waals surface area contributed by atoms with Crippen molar-refractivity contribution < 1.29 is 0 Å². The molecular weight excluding hydrogens is 196 g/mol. The van der Waals surface area contributed by atoms with Gasteiger partial charge in [0.25, 0.3) is 0 Å². The molecule has 0 atom stereocenters. The molecule has 0 bridgehead atoms. The molecule has 0 unspecified atom stereocenters. The first-order valence-electron chi connectivity index (χ1n) is 5.83. The minimum atomic E-state index is 1.07. The Bertz CT molecular complexity index is 503. The highest BCUT2D eigenvalue weighted by molar-refractivity contribution is 5.93. The van der Waals surface area contributed by atoms with Gasteiger partial charge in [-0.15, -0.1) is 0 Å². The van der Waals surface area contributed by atoms with Crippen LogP contribution in [0.3, 0.4) is 0 Å². The number of fused-ring (bicyclic) bond motifs is 1. The lowest BCUT2D eigenvalue weighted by atomic mass is 10.0. The maximum absolute atomic E-state index is 4.66. The molecule has 0 aliphatic carbocycles. The van der Waals surface area contributed by atoms with Gasteiger partial charge in [0.15, 0.2) is 0 Å². The number of nitrogens with one attached hydrogen (secondary N) is 1. The zero-order valence-corrected chi connectivity index (χ0v) is 10.2. The van der Waals surface area contributed by atoms with Gasteiger partial charge in [-0.3, -0.25) is 4.98 Å². The molecule has 1 heterocycles. The Morgan fingerprint density at radius 2 is 2.12 bits per heavy atom. The summed E-state index contributed by atoms with van der Waals surface area (Å²) in [6.45, 7) is 4.25. The molecule has 0 amide bonds. The molecule has 1 N–H and O–H groups in total. The van der Waals surface area contributed by atoms with Gasteiger partial charge < -0.3 is 5.32 Å². The Morgan fingerprint density at radius 1 is 1.31 bits per heavy atom. The molecule has 0 fully saturated rings.